The van der Waals surface area contributed by atoms with E-state index >= 15 is 0 Å². The molecule has 1 aromatic heterocycles. The fourth-order valence-corrected chi connectivity index (χ4v) is 6.39. The minimum Gasteiger partial charge on any atom is -0.481 e. The van der Waals surface area contributed by atoms with Crippen molar-refractivity contribution < 1.29 is 14.7 Å². The lowest BCUT2D eigenvalue weighted by Crippen LogP contribution is -2.37. The molecule has 6 heteroatoms. The van der Waals surface area contributed by atoms with E-state index in [0.29, 0.717) is 25.3 Å². The molecule has 1 atom stereocenters. The monoisotopic (exact) mass is 485 g/mol. The van der Waals surface area contributed by atoms with Gasteiger partial charge in [0, 0.05) is 36.5 Å². The number of fused-ring (bicyclic) bond motifs is 3. The Hall–Kier alpha value is -3.15. The lowest BCUT2D eigenvalue weighted by Gasteiger charge is -2.29. The lowest BCUT2D eigenvalue weighted by molar-refractivity contribution is -0.142. The van der Waals surface area contributed by atoms with Crippen LogP contribution in [-0.2, 0) is 29.0 Å². The average Bonchev–Trinajstić information content (AvgIpc) is 3.67. The van der Waals surface area contributed by atoms with Crippen LogP contribution in [0.25, 0.3) is 11.0 Å². The minimum atomic E-state index is -0.672. The van der Waals surface area contributed by atoms with Gasteiger partial charge in [-0.05, 0) is 75.5 Å². The number of carboxylic acids is 1. The summed E-state index contributed by atoms with van der Waals surface area (Å²) in [5, 5.41) is 9.51. The Kier molecular flexibility index (Phi) is 6.06. The van der Waals surface area contributed by atoms with Gasteiger partial charge in [0.15, 0.2) is 0 Å². The van der Waals surface area contributed by atoms with Crippen LogP contribution in [0.1, 0.15) is 79.9 Å². The van der Waals surface area contributed by atoms with Gasteiger partial charge in [-0.15, -0.1) is 0 Å². The molecule has 3 aliphatic rings. The molecule has 6 rings (SSSR count). The Morgan fingerprint density at radius 2 is 1.72 bits per heavy atom. The first-order chi connectivity index (χ1) is 17.5. The van der Waals surface area contributed by atoms with Crippen molar-refractivity contribution in [2.24, 2.45) is 11.8 Å². The summed E-state index contributed by atoms with van der Waals surface area (Å²) in [5.41, 5.74) is 6.00. The third-order valence-corrected chi connectivity index (χ3v) is 8.59. The van der Waals surface area contributed by atoms with Crippen molar-refractivity contribution in [2.75, 3.05) is 6.54 Å². The molecule has 1 N–H and O–H groups in total. The number of hydrogen-bond donors (Lipinski definition) is 1. The van der Waals surface area contributed by atoms with Crippen LogP contribution in [0.5, 0.6) is 0 Å². The van der Waals surface area contributed by atoms with E-state index in [1.54, 1.807) is 0 Å². The maximum atomic E-state index is 12.9. The predicted molar refractivity (Wildman–Crippen MR) is 139 cm³/mol. The zero-order valence-corrected chi connectivity index (χ0v) is 21.0. The highest BCUT2D eigenvalue weighted by Gasteiger charge is 2.36. The zero-order valence-electron chi connectivity index (χ0n) is 21.0. The zero-order chi connectivity index (χ0) is 24.8. The number of hydrogen-bond acceptors (Lipinski definition) is 3. The number of aromatic nitrogens is 2. The Balaban J connectivity index is 1.39. The first kappa shape index (κ1) is 23.3. The fourth-order valence-electron chi connectivity index (χ4n) is 6.39. The summed E-state index contributed by atoms with van der Waals surface area (Å²) >= 11 is 0. The molecule has 36 heavy (non-hydrogen) atoms. The lowest BCUT2D eigenvalue weighted by atomic mass is 9.81. The molecular formula is C30H35N3O3. The van der Waals surface area contributed by atoms with E-state index in [1.807, 2.05) is 11.0 Å². The first-order valence-electron chi connectivity index (χ1n) is 13.6. The Morgan fingerprint density at radius 3 is 2.42 bits per heavy atom. The first-order valence-corrected chi connectivity index (χ1v) is 13.6. The smallest absolute Gasteiger partial charge is 0.306 e. The Morgan fingerprint density at radius 1 is 1.00 bits per heavy atom. The van der Waals surface area contributed by atoms with Crippen molar-refractivity contribution in [2.45, 2.75) is 76.8 Å². The SMILES string of the molecule is C[C@H](Cc1ccccc1)n1c2ccc3c(c2nc1[C@H]1CC[C@H](C(=O)O)CC1)CN(C(=O)C1CC1)CC3. The summed E-state index contributed by atoms with van der Waals surface area (Å²) in [6.45, 7) is 3.71. The highest BCUT2D eigenvalue weighted by Crippen LogP contribution is 2.40. The molecule has 0 bridgehead atoms. The maximum absolute atomic E-state index is 12.9. The third kappa shape index (κ3) is 4.31. The molecule has 1 aliphatic heterocycles. The molecule has 0 spiro atoms. The molecule has 6 nitrogen and oxygen atoms in total. The molecule has 0 saturated heterocycles. The van der Waals surface area contributed by atoms with E-state index < -0.39 is 5.97 Å². The molecular weight excluding hydrogens is 450 g/mol. The minimum absolute atomic E-state index is 0.218. The second kappa shape index (κ2) is 9.38. The third-order valence-electron chi connectivity index (χ3n) is 8.59. The number of rotatable bonds is 6. The topological polar surface area (TPSA) is 75.4 Å². The van der Waals surface area contributed by atoms with Crippen molar-refractivity contribution in [1.29, 1.82) is 0 Å². The summed E-state index contributed by atoms with van der Waals surface area (Å²) in [7, 11) is 0. The second-order valence-electron chi connectivity index (χ2n) is 11.1. The van der Waals surface area contributed by atoms with Crippen LogP contribution in [-0.4, -0.2) is 38.0 Å². The van der Waals surface area contributed by atoms with Crippen molar-refractivity contribution in [3.8, 4) is 0 Å². The summed E-state index contributed by atoms with van der Waals surface area (Å²) in [5.74, 6) is 0.978. The molecule has 0 unspecified atom stereocenters. The van der Waals surface area contributed by atoms with Crippen LogP contribution < -0.4 is 0 Å². The number of carbonyl (C=O) groups excluding carboxylic acids is 1. The van der Waals surface area contributed by atoms with Gasteiger partial charge in [-0.3, -0.25) is 9.59 Å². The van der Waals surface area contributed by atoms with E-state index in [4.69, 9.17) is 4.98 Å². The molecule has 188 valence electrons. The predicted octanol–water partition coefficient (Wildman–Crippen LogP) is 5.49. The van der Waals surface area contributed by atoms with Gasteiger partial charge in [0.05, 0.1) is 17.0 Å². The quantitative estimate of drug-likeness (QED) is 0.501. The number of nitrogens with zero attached hydrogens (tertiary/aromatic N) is 3. The van der Waals surface area contributed by atoms with Crippen LogP contribution in [0.4, 0.5) is 0 Å². The molecule has 1 amide bonds. The summed E-state index contributed by atoms with van der Waals surface area (Å²) in [4.78, 5) is 31.8. The number of carbonyl (C=O) groups is 2. The van der Waals surface area contributed by atoms with Crippen molar-refractivity contribution in [1.82, 2.24) is 14.5 Å². The summed E-state index contributed by atoms with van der Waals surface area (Å²) in [6.07, 6.45) is 6.97. The molecule has 2 aliphatic carbocycles. The number of imidazole rings is 1. The molecule has 0 radical (unpaired) electrons. The van der Waals surface area contributed by atoms with Crippen LogP contribution in [0, 0.1) is 11.8 Å². The highest BCUT2D eigenvalue weighted by molar-refractivity contribution is 5.85. The van der Waals surface area contributed by atoms with Crippen LogP contribution in [0.15, 0.2) is 42.5 Å². The number of benzene rings is 2. The molecule has 2 aromatic carbocycles. The number of amides is 1. The standard InChI is InChI=1S/C30H35N3O3/c1-19(17-20-5-3-2-4-6-20)33-26-14-13-21-15-16-32(29(34)23-9-10-23)18-25(21)27(26)31-28(33)22-7-11-24(12-8-22)30(35)36/h2-6,13-14,19,22-24H,7-12,15-18H2,1H3,(H,35,36)/t19-,22-,24-/m1/s1. The number of aliphatic carboxylic acids is 1. The molecule has 2 fully saturated rings. The maximum Gasteiger partial charge on any atom is 0.306 e. The van der Waals surface area contributed by atoms with Gasteiger partial charge in [-0.2, -0.15) is 0 Å². The number of carboxylic acid groups (broad SMARTS) is 1. The van der Waals surface area contributed by atoms with E-state index in [2.05, 4.69) is 47.9 Å². The van der Waals surface area contributed by atoms with Gasteiger partial charge >= 0.3 is 5.97 Å². The van der Waals surface area contributed by atoms with Crippen LogP contribution >= 0.6 is 0 Å². The Bertz CT molecular complexity index is 1290. The van der Waals surface area contributed by atoms with E-state index in [1.165, 1.54) is 16.7 Å². The van der Waals surface area contributed by atoms with E-state index in [9.17, 15) is 14.7 Å². The summed E-state index contributed by atoms with van der Waals surface area (Å²) < 4.78 is 2.43. The van der Waals surface area contributed by atoms with E-state index in [-0.39, 0.29) is 23.8 Å². The van der Waals surface area contributed by atoms with Gasteiger partial charge in [0.1, 0.15) is 5.82 Å². The van der Waals surface area contributed by atoms with Gasteiger partial charge in [-0.25, -0.2) is 4.98 Å². The van der Waals surface area contributed by atoms with Gasteiger partial charge in [-0.1, -0.05) is 36.4 Å². The van der Waals surface area contributed by atoms with Gasteiger partial charge < -0.3 is 14.6 Å². The van der Waals surface area contributed by atoms with Crippen molar-refractivity contribution in [3.05, 3.63) is 65.0 Å². The summed E-state index contributed by atoms with van der Waals surface area (Å²) in [6, 6.07) is 15.3. The molecule has 3 aromatic rings. The normalized spacial score (nSPS) is 22.9. The molecule has 2 heterocycles. The van der Waals surface area contributed by atoms with E-state index in [0.717, 1.165) is 61.9 Å². The van der Waals surface area contributed by atoms with Gasteiger partial charge in [0.25, 0.3) is 0 Å². The Labute approximate surface area is 212 Å². The van der Waals surface area contributed by atoms with Gasteiger partial charge in [0.2, 0.25) is 5.91 Å². The second-order valence-corrected chi connectivity index (χ2v) is 11.1. The fraction of sp³-hybridized carbons (Fsp3) is 0.500. The van der Waals surface area contributed by atoms with Crippen molar-refractivity contribution >= 4 is 22.9 Å². The largest absolute Gasteiger partial charge is 0.481 e. The average molecular weight is 486 g/mol. The molecule has 2 saturated carbocycles. The van der Waals surface area contributed by atoms with Crippen LogP contribution in [0.2, 0.25) is 0 Å². The highest BCUT2D eigenvalue weighted by atomic mass is 16.4. The van der Waals surface area contributed by atoms with Crippen LogP contribution in [0.3, 0.4) is 0 Å². The van der Waals surface area contributed by atoms with Crippen molar-refractivity contribution in [3.63, 3.8) is 0 Å².